The maximum Gasteiger partial charge on any atom is 0.256 e. The minimum atomic E-state index is -0.895. The largest absolute Gasteiger partial charge is 0.496 e. The van der Waals surface area contributed by atoms with Gasteiger partial charge in [-0.1, -0.05) is 38.1 Å². The van der Waals surface area contributed by atoms with Gasteiger partial charge in [0.05, 0.1) is 46.5 Å². The molecule has 1 saturated heterocycles. The third-order valence-corrected chi connectivity index (χ3v) is 8.90. The van der Waals surface area contributed by atoms with Gasteiger partial charge in [-0.05, 0) is 36.1 Å². The molecule has 5 rings (SSSR count). The van der Waals surface area contributed by atoms with E-state index in [-0.39, 0.29) is 43.4 Å². The van der Waals surface area contributed by atoms with Gasteiger partial charge in [0, 0.05) is 31.6 Å². The Morgan fingerprint density at radius 2 is 2.07 bits per heavy atom. The number of aliphatic hydroxyl groups is 1. The smallest absolute Gasteiger partial charge is 0.256 e. The molecule has 3 amide bonds. The second-order valence-corrected chi connectivity index (χ2v) is 11.8. The quantitative estimate of drug-likeness (QED) is 0.413. The van der Waals surface area contributed by atoms with Crippen LogP contribution in [0.3, 0.4) is 0 Å². The number of methoxy groups -OCH3 is 1. The van der Waals surface area contributed by atoms with Crippen molar-refractivity contribution in [2.75, 3.05) is 13.7 Å². The average Bonchev–Trinajstić information content (AvgIpc) is 3.68. The van der Waals surface area contributed by atoms with Crippen LogP contribution in [0.15, 0.2) is 41.9 Å². The van der Waals surface area contributed by atoms with Gasteiger partial charge in [-0.2, -0.15) is 5.26 Å². The summed E-state index contributed by atoms with van der Waals surface area (Å²) in [5.74, 6) is -0.826. The molecule has 3 heterocycles. The van der Waals surface area contributed by atoms with Gasteiger partial charge in [0.1, 0.15) is 17.8 Å². The number of rotatable bonds is 8. The Labute approximate surface area is 248 Å². The standard InChI is InChI=1S/C31H33N5O5S/c1-17(2)27(36-14-22-7-5-6-20(12-32)26(22)30(36)39)31(40)35-15-23(37)11-24(35)29(38)33-13-21-9-8-19(10-25(21)41-4)28-18(3)34-16-42-28/h5-10,16-17,23-24,27,37H,11,13-15H2,1-4H3,(H,33,38)/t23-,24+,27+/m1/s1. The number of benzene rings is 2. The number of ether oxygens (including phenoxy) is 1. The number of carbonyl (C=O) groups is 3. The lowest BCUT2D eigenvalue weighted by atomic mass is 10.00. The van der Waals surface area contributed by atoms with Crippen molar-refractivity contribution in [2.45, 2.75) is 58.5 Å². The van der Waals surface area contributed by atoms with Crippen LogP contribution in [0, 0.1) is 24.2 Å². The molecule has 3 aromatic rings. The number of aromatic nitrogens is 1. The van der Waals surface area contributed by atoms with Crippen molar-refractivity contribution >= 4 is 29.1 Å². The van der Waals surface area contributed by atoms with Crippen LogP contribution < -0.4 is 10.1 Å². The van der Waals surface area contributed by atoms with E-state index < -0.39 is 30.0 Å². The fourth-order valence-electron chi connectivity index (χ4n) is 5.87. The molecular formula is C31H33N5O5S. The van der Waals surface area contributed by atoms with Crippen LogP contribution in [-0.4, -0.2) is 69.5 Å². The molecule has 10 nitrogen and oxygen atoms in total. The average molecular weight is 588 g/mol. The lowest BCUT2D eigenvalue weighted by Crippen LogP contribution is -2.55. The zero-order valence-corrected chi connectivity index (χ0v) is 24.8. The Morgan fingerprint density at radius 3 is 2.74 bits per heavy atom. The van der Waals surface area contributed by atoms with E-state index >= 15 is 0 Å². The first-order chi connectivity index (χ1) is 20.1. The van der Waals surface area contributed by atoms with E-state index in [1.807, 2.05) is 39.0 Å². The zero-order chi connectivity index (χ0) is 30.1. The number of thiazole rings is 1. The first-order valence-corrected chi connectivity index (χ1v) is 14.7. The van der Waals surface area contributed by atoms with Crippen molar-refractivity contribution < 1.29 is 24.2 Å². The number of nitriles is 1. The summed E-state index contributed by atoms with van der Waals surface area (Å²) in [6.07, 6.45) is -0.777. The number of nitrogens with zero attached hydrogens (tertiary/aromatic N) is 4. The van der Waals surface area contributed by atoms with Gasteiger partial charge in [-0.3, -0.25) is 14.4 Å². The summed E-state index contributed by atoms with van der Waals surface area (Å²) in [6.45, 7) is 5.99. The number of carbonyl (C=O) groups excluding carboxylic acids is 3. The predicted molar refractivity (Wildman–Crippen MR) is 156 cm³/mol. The Balaban J connectivity index is 1.32. The number of aliphatic hydroxyl groups excluding tert-OH is 1. The van der Waals surface area contributed by atoms with Crippen molar-refractivity contribution in [1.29, 1.82) is 5.26 Å². The number of fused-ring (bicyclic) bond motifs is 1. The topological polar surface area (TPSA) is 136 Å². The fraction of sp³-hybridized carbons (Fsp3) is 0.387. The van der Waals surface area contributed by atoms with Gasteiger partial charge in [-0.15, -0.1) is 11.3 Å². The Hall–Kier alpha value is -4.27. The molecule has 3 atom stereocenters. The Bertz CT molecular complexity index is 1580. The van der Waals surface area contributed by atoms with E-state index in [1.165, 1.54) is 9.80 Å². The summed E-state index contributed by atoms with van der Waals surface area (Å²) >= 11 is 1.54. The molecule has 1 aromatic heterocycles. The third kappa shape index (κ3) is 5.35. The van der Waals surface area contributed by atoms with Gasteiger partial charge >= 0.3 is 0 Å². The van der Waals surface area contributed by atoms with E-state index in [2.05, 4.69) is 16.4 Å². The summed E-state index contributed by atoms with van der Waals surface area (Å²) in [6, 6.07) is 11.2. The minimum Gasteiger partial charge on any atom is -0.496 e. The molecule has 0 bridgehead atoms. The lowest BCUT2D eigenvalue weighted by Gasteiger charge is -2.35. The zero-order valence-electron chi connectivity index (χ0n) is 24.0. The van der Waals surface area contributed by atoms with Gasteiger partial charge in [0.25, 0.3) is 5.91 Å². The van der Waals surface area contributed by atoms with E-state index in [0.29, 0.717) is 16.9 Å². The summed E-state index contributed by atoms with van der Waals surface area (Å²) in [5.41, 5.74) is 5.74. The van der Waals surface area contributed by atoms with Crippen LogP contribution >= 0.6 is 11.3 Å². The van der Waals surface area contributed by atoms with E-state index in [1.54, 1.807) is 42.2 Å². The number of amides is 3. The van der Waals surface area contributed by atoms with E-state index in [0.717, 1.165) is 21.7 Å². The van der Waals surface area contributed by atoms with Crippen molar-refractivity contribution in [3.63, 3.8) is 0 Å². The van der Waals surface area contributed by atoms with Gasteiger partial charge < -0.3 is 25.0 Å². The number of hydrogen-bond acceptors (Lipinski definition) is 8. The summed E-state index contributed by atoms with van der Waals surface area (Å²) in [5, 5.41) is 22.9. The molecule has 2 N–H and O–H groups in total. The van der Waals surface area contributed by atoms with Crippen molar-refractivity contribution in [2.24, 2.45) is 5.92 Å². The molecular weight excluding hydrogens is 554 g/mol. The highest BCUT2D eigenvalue weighted by atomic mass is 32.1. The maximum absolute atomic E-state index is 14.0. The Morgan fingerprint density at radius 1 is 1.29 bits per heavy atom. The normalized spacial score (nSPS) is 18.6. The number of β-amino-alcohol motifs (C(OH)–C–C–N with tert-alkyl or cyclic N) is 1. The SMILES string of the molecule is COc1cc(-c2scnc2C)ccc1CNC(=O)[C@@H]1C[C@@H](O)CN1C(=O)[C@H](C(C)C)N1Cc2cccc(C#N)c2C1=O. The first kappa shape index (κ1) is 29.2. The minimum absolute atomic E-state index is 0.00914. The molecule has 0 unspecified atom stereocenters. The van der Waals surface area contributed by atoms with Gasteiger partial charge in [0.2, 0.25) is 11.8 Å². The fourth-order valence-corrected chi connectivity index (χ4v) is 6.67. The van der Waals surface area contributed by atoms with Gasteiger partial charge in [0.15, 0.2) is 0 Å². The van der Waals surface area contributed by atoms with Crippen LogP contribution in [-0.2, 0) is 22.7 Å². The lowest BCUT2D eigenvalue weighted by molar-refractivity contribution is -0.143. The molecule has 11 heteroatoms. The highest BCUT2D eigenvalue weighted by molar-refractivity contribution is 7.13. The second kappa shape index (κ2) is 11.9. The highest BCUT2D eigenvalue weighted by Crippen LogP contribution is 2.33. The van der Waals surface area contributed by atoms with Crippen LogP contribution in [0.25, 0.3) is 10.4 Å². The summed E-state index contributed by atoms with van der Waals surface area (Å²) in [4.78, 5) is 49.1. The molecule has 2 aromatic carbocycles. The number of nitrogens with one attached hydrogen (secondary N) is 1. The number of hydrogen-bond donors (Lipinski definition) is 2. The van der Waals surface area contributed by atoms with Gasteiger partial charge in [-0.25, -0.2) is 4.98 Å². The van der Waals surface area contributed by atoms with Crippen LogP contribution in [0.4, 0.5) is 0 Å². The molecule has 1 fully saturated rings. The second-order valence-electron chi connectivity index (χ2n) is 11.0. The molecule has 0 aliphatic carbocycles. The summed E-state index contributed by atoms with van der Waals surface area (Å²) < 4.78 is 5.60. The number of aryl methyl sites for hydroxylation is 1. The van der Waals surface area contributed by atoms with E-state index in [4.69, 9.17) is 4.74 Å². The summed E-state index contributed by atoms with van der Waals surface area (Å²) in [7, 11) is 1.57. The molecule has 218 valence electrons. The van der Waals surface area contributed by atoms with Crippen molar-refractivity contribution in [3.05, 3.63) is 69.9 Å². The molecule has 0 spiro atoms. The molecule has 0 saturated carbocycles. The monoisotopic (exact) mass is 587 g/mol. The Kier molecular flexibility index (Phi) is 8.29. The molecule has 2 aliphatic rings. The maximum atomic E-state index is 14.0. The van der Waals surface area contributed by atoms with Crippen molar-refractivity contribution in [1.82, 2.24) is 20.1 Å². The number of likely N-dealkylation sites (tertiary alicyclic amines) is 1. The van der Waals surface area contributed by atoms with Crippen LogP contribution in [0.2, 0.25) is 0 Å². The van der Waals surface area contributed by atoms with Crippen molar-refractivity contribution in [3.8, 4) is 22.3 Å². The molecule has 42 heavy (non-hydrogen) atoms. The third-order valence-electron chi connectivity index (χ3n) is 7.92. The molecule has 0 radical (unpaired) electrons. The van der Waals surface area contributed by atoms with Crippen LogP contribution in [0.1, 0.15) is 53.0 Å². The predicted octanol–water partition coefficient (Wildman–Crippen LogP) is 3.26. The first-order valence-electron chi connectivity index (χ1n) is 13.8. The van der Waals surface area contributed by atoms with E-state index in [9.17, 15) is 24.8 Å². The molecule has 2 aliphatic heterocycles. The highest BCUT2D eigenvalue weighted by Gasteiger charge is 2.46. The van der Waals surface area contributed by atoms with Crippen LogP contribution in [0.5, 0.6) is 5.75 Å².